The first-order valence-corrected chi connectivity index (χ1v) is 7.97. The number of aliphatic imine (C=N–C) groups is 1. The third-order valence-electron chi connectivity index (χ3n) is 2.80. The Hall–Kier alpha value is -2.21. The van der Waals surface area contributed by atoms with Crippen molar-refractivity contribution in [3.8, 4) is 5.75 Å². The van der Waals surface area contributed by atoms with Crippen LogP contribution in [-0.4, -0.2) is 28.0 Å². The van der Waals surface area contributed by atoms with Crippen LogP contribution in [0.5, 0.6) is 5.75 Å². The molecule has 0 aliphatic rings. The molecule has 6 heteroatoms. The van der Waals surface area contributed by atoms with E-state index in [4.69, 9.17) is 4.74 Å². The number of sulfone groups is 1. The fourth-order valence-corrected chi connectivity index (χ4v) is 2.32. The molecule has 110 valence electrons. The third kappa shape index (κ3) is 3.88. The Morgan fingerprint density at radius 3 is 2.33 bits per heavy atom. The average Bonchev–Trinajstić information content (AvgIpc) is 2.45. The van der Waals surface area contributed by atoms with E-state index in [0.29, 0.717) is 11.3 Å². The lowest BCUT2D eigenvalue weighted by atomic mass is 10.2. The molecule has 0 radical (unpaired) electrons. The van der Waals surface area contributed by atoms with Gasteiger partial charge in [-0.1, -0.05) is 0 Å². The summed E-state index contributed by atoms with van der Waals surface area (Å²) >= 11 is 0. The van der Waals surface area contributed by atoms with Crippen LogP contribution in [0.2, 0.25) is 0 Å². The molecule has 0 bridgehead atoms. The Morgan fingerprint density at radius 2 is 1.81 bits per heavy atom. The van der Waals surface area contributed by atoms with Gasteiger partial charge in [0, 0.05) is 12.5 Å². The summed E-state index contributed by atoms with van der Waals surface area (Å²) in [6.07, 6.45) is 2.64. The summed E-state index contributed by atoms with van der Waals surface area (Å²) in [6.45, 7) is 0. The fraction of sp³-hybridized carbons (Fsp3) is 0.133. The van der Waals surface area contributed by atoms with Gasteiger partial charge in [0.15, 0.2) is 21.4 Å². The zero-order chi connectivity index (χ0) is 15.5. The second kappa shape index (κ2) is 6.05. The number of halogens is 1. The van der Waals surface area contributed by atoms with Crippen LogP contribution in [0, 0.1) is 5.82 Å². The lowest BCUT2D eigenvalue weighted by Gasteiger charge is -2.02. The van der Waals surface area contributed by atoms with Crippen molar-refractivity contribution in [2.75, 3.05) is 13.4 Å². The molecule has 0 heterocycles. The first-order valence-electron chi connectivity index (χ1n) is 6.08. The van der Waals surface area contributed by atoms with Gasteiger partial charge in [0.05, 0.1) is 17.7 Å². The molecule has 4 nitrogen and oxygen atoms in total. The number of rotatable bonds is 4. The number of methoxy groups -OCH3 is 1. The minimum atomic E-state index is -3.22. The summed E-state index contributed by atoms with van der Waals surface area (Å²) in [4.78, 5) is 4.40. The lowest BCUT2D eigenvalue weighted by molar-refractivity contribution is 0.386. The van der Waals surface area contributed by atoms with Crippen LogP contribution in [0.3, 0.4) is 0 Å². The van der Waals surface area contributed by atoms with E-state index in [1.165, 1.54) is 37.6 Å². The zero-order valence-electron chi connectivity index (χ0n) is 11.6. The van der Waals surface area contributed by atoms with Gasteiger partial charge in [-0.05, 0) is 48.0 Å². The monoisotopic (exact) mass is 307 g/mol. The van der Waals surface area contributed by atoms with Gasteiger partial charge >= 0.3 is 0 Å². The van der Waals surface area contributed by atoms with Gasteiger partial charge in [-0.2, -0.15) is 0 Å². The van der Waals surface area contributed by atoms with Gasteiger partial charge in [0.25, 0.3) is 0 Å². The Bertz CT molecular complexity index is 768. The standard InChI is InChI=1S/C15H14FNO3S/c1-20-15-8-3-11(9-14(15)16)10-17-12-4-6-13(7-5-12)21(2,18)19/h3-10H,1-2H3. The highest BCUT2D eigenvalue weighted by Crippen LogP contribution is 2.19. The number of benzene rings is 2. The molecule has 0 amide bonds. The van der Waals surface area contributed by atoms with Gasteiger partial charge in [0.1, 0.15) is 0 Å². The zero-order valence-corrected chi connectivity index (χ0v) is 12.4. The lowest BCUT2D eigenvalue weighted by Crippen LogP contribution is -1.95. The average molecular weight is 307 g/mol. The minimum Gasteiger partial charge on any atom is -0.494 e. The molecular weight excluding hydrogens is 293 g/mol. The molecule has 0 unspecified atom stereocenters. The van der Waals surface area contributed by atoms with Crippen LogP contribution >= 0.6 is 0 Å². The molecule has 0 saturated heterocycles. The predicted octanol–water partition coefficient (Wildman–Crippen LogP) is 2.99. The summed E-state index contributed by atoms with van der Waals surface area (Å²) < 4.78 is 41.0. The molecule has 0 spiro atoms. The smallest absolute Gasteiger partial charge is 0.175 e. The quantitative estimate of drug-likeness (QED) is 0.816. The molecule has 0 saturated carbocycles. The van der Waals surface area contributed by atoms with Crippen LogP contribution in [0.4, 0.5) is 10.1 Å². The highest BCUT2D eigenvalue weighted by atomic mass is 32.2. The second-order valence-electron chi connectivity index (χ2n) is 4.42. The van der Waals surface area contributed by atoms with Gasteiger partial charge in [-0.3, -0.25) is 4.99 Å². The van der Waals surface area contributed by atoms with E-state index >= 15 is 0 Å². The molecule has 0 aliphatic carbocycles. The van der Waals surface area contributed by atoms with Crippen molar-refractivity contribution in [1.29, 1.82) is 0 Å². The Balaban J connectivity index is 2.19. The largest absolute Gasteiger partial charge is 0.494 e. The summed E-state index contributed by atoms with van der Waals surface area (Å²) in [6, 6.07) is 10.7. The molecule has 0 fully saturated rings. The Morgan fingerprint density at radius 1 is 1.14 bits per heavy atom. The molecule has 2 rings (SSSR count). The third-order valence-corrected chi connectivity index (χ3v) is 3.93. The molecule has 21 heavy (non-hydrogen) atoms. The number of hydrogen-bond acceptors (Lipinski definition) is 4. The molecule has 0 N–H and O–H groups in total. The summed E-state index contributed by atoms with van der Waals surface area (Å²) in [5.74, 6) is -0.293. The van der Waals surface area contributed by atoms with E-state index in [0.717, 1.165) is 6.26 Å². The predicted molar refractivity (Wildman–Crippen MR) is 79.8 cm³/mol. The summed E-state index contributed by atoms with van der Waals surface area (Å²) in [5.41, 5.74) is 1.17. The molecule has 2 aromatic rings. The maximum absolute atomic E-state index is 13.5. The summed E-state index contributed by atoms with van der Waals surface area (Å²) in [5, 5.41) is 0. The number of nitrogens with zero attached hydrogens (tertiary/aromatic N) is 1. The summed E-state index contributed by atoms with van der Waals surface area (Å²) in [7, 11) is -1.82. The Kier molecular flexibility index (Phi) is 4.37. The van der Waals surface area contributed by atoms with Crippen molar-refractivity contribution in [3.63, 3.8) is 0 Å². The van der Waals surface area contributed by atoms with Gasteiger partial charge < -0.3 is 4.74 Å². The van der Waals surface area contributed by atoms with Crippen molar-refractivity contribution >= 4 is 21.7 Å². The van der Waals surface area contributed by atoms with Crippen LogP contribution in [-0.2, 0) is 9.84 Å². The van der Waals surface area contributed by atoms with Crippen molar-refractivity contribution in [2.24, 2.45) is 4.99 Å². The van der Waals surface area contributed by atoms with Crippen molar-refractivity contribution in [1.82, 2.24) is 0 Å². The number of ether oxygens (including phenoxy) is 1. The SMILES string of the molecule is COc1ccc(C=Nc2ccc(S(C)(=O)=O)cc2)cc1F. The molecule has 0 aromatic heterocycles. The maximum atomic E-state index is 13.5. The van der Waals surface area contributed by atoms with Crippen LogP contribution < -0.4 is 4.74 Å². The van der Waals surface area contributed by atoms with Crippen LogP contribution in [0.1, 0.15) is 5.56 Å². The highest BCUT2D eigenvalue weighted by molar-refractivity contribution is 7.90. The molecule has 0 atom stereocenters. The molecule has 0 aliphatic heterocycles. The Labute approximate surface area is 122 Å². The first kappa shape index (κ1) is 15.2. The van der Waals surface area contributed by atoms with Gasteiger partial charge in [-0.25, -0.2) is 12.8 Å². The first-order chi connectivity index (χ1) is 9.90. The van der Waals surface area contributed by atoms with E-state index in [1.54, 1.807) is 18.2 Å². The van der Waals surface area contributed by atoms with Crippen molar-refractivity contribution < 1.29 is 17.5 Å². The van der Waals surface area contributed by atoms with E-state index in [2.05, 4.69) is 4.99 Å². The number of hydrogen-bond donors (Lipinski definition) is 0. The van der Waals surface area contributed by atoms with Crippen molar-refractivity contribution in [3.05, 3.63) is 53.8 Å². The normalized spacial score (nSPS) is 11.8. The topological polar surface area (TPSA) is 55.7 Å². The van der Waals surface area contributed by atoms with Gasteiger partial charge in [0.2, 0.25) is 0 Å². The van der Waals surface area contributed by atoms with Crippen molar-refractivity contribution in [2.45, 2.75) is 4.90 Å². The van der Waals surface area contributed by atoms with E-state index in [9.17, 15) is 12.8 Å². The highest BCUT2D eigenvalue weighted by Gasteiger charge is 2.05. The van der Waals surface area contributed by atoms with Crippen LogP contribution in [0.15, 0.2) is 52.4 Å². The van der Waals surface area contributed by atoms with E-state index < -0.39 is 15.7 Å². The minimum absolute atomic E-state index is 0.171. The molecule has 2 aromatic carbocycles. The van der Waals surface area contributed by atoms with E-state index in [-0.39, 0.29) is 10.6 Å². The van der Waals surface area contributed by atoms with E-state index in [1.807, 2.05) is 0 Å². The fourth-order valence-electron chi connectivity index (χ4n) is 1.69. The second-order valence-corrected chi connectivity index (χ2v) is 6.43. The maximum Gasteiger partial charge on any atom is 0.175 e. The van der Waals surface area contributed by atoms with Crippen LogP contribution in [0.25, 0.3) is 0 Å². The molecular formula is C15H14FNO3S. The van der Waals surface area contributed by atoms with Gasteiger partial charge in [-0.15, -0.1) is 0 Å².